The summed E-state index contributed by atoms with van der Waals surface area (Å²) in [6.45, 7) is 2.13. The molecule has 0 radical (unpaired) electrons. The van der Waals surface area contributed by atoms with Crippen LogP contribution >= 0.6 is 11.8 Å². The predicted octanol–water partition coefficient (Wildman–Crippen LogP) is 3.95. The van der Waals surface area contributed by atoms with E-state index in [1.54, 1.807) is 16.2 Å². The molecule has 5 nitrogen and oxygen atoms in total. The molecule has 2 aliphatic carbocycles. The lowest BCUT2D eigenvalue weighted by molar-refractivity contribution is 0.425. The fourth-order valence-electron chi connectivity index (χ4n) is 4.72. The van der Waals surface area contributed by atoms with Crippen molar-refractivity contribution in [2.45, 2.75) is 56.0 Å². The van der Waals surface area contributed by atoms with Gasteiger partial charge in [-0.2, -0.15) is 0 Å². The third kappa shape index (κ3) is 2.21. The molecule has 0 saturated heterocycles. The predicted molar refractivity (Wildman–Crippen MR) is 104 cm³/mol. The van der Waals surface area contributed by atoms with Crippen LogP contribution in [0.4, 0.5) is 0 Å². The first kappa shape index (κ1) is 16.1. The molecule has 1 saturated carbocycles. The van der Waals surface area contributed by atoms with Gasteiger partial charge in [-0.05, 0) is 31.2 Å². The zero-order valence-electron chi connectivity index (χ0n) is 14.9. The molecule has 26 heavy (non-hydrogen) atoms. The van der Waals surface area contributed by atoms with E-state index >= 15 is 0 Å². The van der Waals surface area contributed by atoms with Crippen molar-refractivity contribution >= 4 is 17.5 Å². The third-order valence-corrected chi connectivity index (χ3v) is 7.00. The molecule has 0 bridgehead atoms. The number of benzene rings is 1. The van der Waals surface area contributed by atoms with E-state index in [-0.39, 0.29) is 11.0 Å². The van der Waals surface area contributed by atoms with Crippen molar-refractivity contribution < 1.29 is 0 Å². The van der Waals surface area contributed by atoms with Crippen molar-refractivity contribution in [3.8, 4) is 11.3 Å². The second-order valence-electron chi connectivity index (χ2n) is 7.48. The number of aromatic amines is 1. The van der Waals surface area contributed by atoms with Crippen LogP contribution in [0.25, 0.3) is 17.0 Å². The smallest absolute Gasteiger partial charge is 0.265 e. The molecule has 1 fully saturated rings. The van der Waals surface area contributed by atoms with Gasteiger partial charge in [0.1, 0.15) is 0 Å². The summed E-state index contributed by atoms with van der Waals surface area (Å²) in [4.78, 5) is 18.5. The Morgan fingerprint density at radius 1 is 1.27 bits per heavy atom. The van der Waals surface area contributed by atoms with Gasteiger partial charge in [-0.25, -0.2) is 14.5 Å². The summed E-state index contributed by atoms with van der Waals surface area (Å²) in [5, 5.41) is 8.08. The molecular weight excluding hydrogens is 344 g/mol. The van der Waals surface area contributed by atoms with Crippen LogP contribution in [0.5, 0.6) is 0 Å². The topological polar surface area (TPSA) is 63.0 Å². The molecule has 1 spiro atoms. The Balaban J connectivity index is 1.82. The molecule has 2 aromatic heterocycles. The van der Waals surface area contributed by atoms with Crippen LogP contribution < -0.4 is 5.56 Å². The van der Waals surface area contributed by atoms with E-state index in [4.69, 9.17) is 4.98 Å². The maximum Gasteiger partial charge on any atom is 0.265 e. The van der Waals surface area contributed by atoms with Crippen LogP contribution in [0, 0.1) is 0 Å². The molecule has 2 heterocycles. The molecule has 6 heteroatoms. The molecule has 0 aliphatic heterocycles. The van der Waals surface area contributed by atoms with Crippen molar-refractivity contribution in [2.24, 2.45) is 0 Å². The Kier molecular flexibility index (Phi) is 3.71. The van der Waals surface area contributed by atoms with Gasteiger partial charge in [0.2, 0.25) is 5.78 Å². The van der Waals surface area contributed by atoms with Crippen LogP contribution in [-0.4, -0.2) is 25.3 Å². The molecule has 3 aromatic rings. The monoisotopic (exact) mass is 366 g/mol. The summed E-state index contributed by atoms with van der Waals surface area (Å²) in [5.74, 6) is 1.49. The van der Waals surface area contributed by atoms with E-state index in [1.165, 1.54) is 18.4 Å². The summed E-state index contributed by atoms with van der Waals surface area (Å²) >= 11 is 1.62. The van der Waals surface area contributed by atoms with Gasteiger partial charge in [0, 0.05) is 16.7 Å². The van der Waals surface area contributed by atoms with Gasteiger partial charge in [-0.15, -0.1) is 5.10 Å². The number of hydrogen-bond acceptors (Lipinski definition) is 4. The molecule has 0 amide bonds. The Bertz CT molecular complexity index is 1050. The van der Waals surface area contributed by atoms with Gasteiger partial charge in [0.25, 0.3) is 5.56 Å². The first-order valence-corrected chi connectivity index (χ1v) is 10.4. The molecule has 0 unspecified atom stereocenters. The highest BCUT2D eigenvalue weighted by Gasteiger charge is 2.44. The lowest BCUT2D eigenvalue weighted by Crippen LogP contribution is -2.38. The van der Waals surface area contributed by atoms with E-state index in [0.29, 0.717) is 5.78 Å². The lowest BCUT2D eigenvalue weighted by Gasteiger charge is -2.35. The minimum atomic E-state index is -0.0566. The minimum Gasteiger partial charge on any atom is -0.268 e. The Morgan fingerprint density at radius 2 is 2.08 bits per heavy atom. The fourth-order valence-corrected chi connectivity index (χ4v) is 5.52. The van der Waals surface area contributed by atoms with Crippen molar-refractivity contribution in [3.05, 3.63) is 45.7 Å². The normalized spacial score (nSPS) is 17.6. The maximum absolute atomic E-state index is 13.6. The second-order valence-corrected chi connectivity index (χ2v) is 8.54. The zero-order valence-corrected chi connectivity index (χ0v) is 15.7. The summed E-state index contributed by atoms with van der Waals surface area (Å²) in [6, 6.07) is 8.42. The summed E-state index contributed by atoms with van der Waals surface area (Å²) in [5.41, 5.74) is 4.24. The lowest BCUT2D eigenvalue weighted by atomic mass is 9.68. The fraction of sp³-hybridized carbons (Fsp3) is 0.450. The van der Waals surface area contributed by atoms with E-state index < -0.39 is 0 Å². The van der Waals surface area contributed by atoms with Crippen molar-refractivity contribution in [1.82, 2.24) is 19.6 Å². The van der Waals surface area contributed by atoms with E-state index in [9.17, 15) is 4.79 Å². The molecule has 134 valence electrons. The Hall–Kier alpha value is -2.08. The number of nitrogens with zero attached hydrogens (tertiary/aromatic N) is 3. The Morgan fingerprint density at radius 3 is 2.88 bits per heavy atom. The van der Waals surface area contributed by atoms with Gasteiger partial charge in [0.15, 0.2) is 5.16 Å². The van der Waals surface area contributed by atoms with Gasteiger partial charge in [-0.3, -0.25) is 4.79 Å². The highest BCUT2D eigenvalue weighted by atomic mass is 32.2. The average Bonchev–Trinajstić information content (AvgIpc) is 3.27. The highest BCUT2D eigenvalue weighted by Crippen LogP contribution is 2.49. The van der Waals surface area contributed by atoms with Gasteiger partial charge in [0.05, 0.1) is 11.3 Å². The number of aromatic nitrogens is 4. The third-order valence-electron chi connectivity index (χ3n) is 5.85. The molecule has 1 N–H and O–H groups in total. The minimum absolute atomic E-state index is 0.0566. The zero-order chi connectivity index (χ0) is 17.7. The second kappa shape index (κ2) is 5.98. The Labute approximate surface area is 156 Å². The summed E-state index contributed by atoms with van der Waals surface area (Å²) in [7, 11) is 0. The molecule has 1 aromatic carbocycles. The van der Waals surface area contributed by atoms with E-state index in [2.05, 4.69) is 35.3 Å². The van der Waals surface area contributed by atoms with Crippen LogP contribution in [-0.2, 0) is 11.8 Å². The van der Waals surface area contributed by atoms with Crippen molar-refractivity contribution in [1.29, 1.82) is 0 Å². The highest BCUT2D eigenvalue weighted by molar-refractivity contribution is 7.99. The number of fused-ring (bicyclic) bond motifs is 5. The number of hydrogen-bond donors (Lipinski definition) is 1. The number of nitrogens with one attached hydrogen (secondary N) is 1. The van der Waals surface area contributed by atoms with Crippen LogP contribution in [0.3, 0.4) is 0 Å². The van der Waals surface area contributed by atoms with Gasteiger partial charge >= 0.3 is 0 Å². The van der Waals surface area contributed by atoms with Crippen LogP contribution in [0.1, 0.15) is 50.2 Å². The maximum atomic E-state index is 13.6. The standard InChI is InChI=1S/C20H22N4OS/c1-2-11-26-19-23-22-18-21-16-14-8-4-3-7-13(14)12-20(9-5-6-10-20)15(16)17(25)24(18)19/h3-4,7-8H,2,5-6,9-12H2,1H3,(H,21,22). The molecule has 2 aliphatic rings. The SMILES string of the molecule is CCCSc1n[nH]c2nc3c(c(=O)n12)C1(CCCC1)Cc1ccccc1-3. The van der Waals surface area contributed by atoms with Gasteiger partial charge in [-0.1, -0.05) is 55.8 Å². The van der Waals surface area contributed by atoms with Crippen LogP contribution in [0.15, 0.2) is 34.2 Å². The number of rotatable bonds is 3. The first-order chi connectivity index (χ1) is 12.7. The van der Waals surface area contributed by atoms with Gasteiger partial charge < -0.3 is 0 Å². The quantitative estimate of drug-likeness (QED) is 0.713. The van der Waals surface area contributed by atoms with Crippen molar-refractivity contribution in [3.63, 3.8) is 0 Å². The molecule has 5 rings (SSSR count). The molecular formula is C20H22N4OS. The first-order valence-electron chi connectivity index (χ1n) is 9.46. The summed E-state index contributed by atoms with van der Waals surface area (Å²) in [6.07, 6.45) is 6.52. The largest absolute Gasteiger partial charge is 0.268 e. The average molecular weight is 366 g/mol. The number of H-pyrrole nitrogens is 1. The van der Waals surface area contributed by atoms with E-state index in [1.807, 2.05) is 6.07 Å². The van der Waals surface area contributed by atoms with Crippen LogP contribution in [0.2, 0.25) is 0 Å². The van der Waals surface area contributed by atoms with E-state index in [0.717, 1.165) is 53.4 Å². The van der Waals surface area contributed by atoms with Crippen molar-refractivity contribution in [2.75, 3.05) is 5.75 Å². The number of thioether (sulfide) groups is 1. The summed E-state index contributed by atoms with van der Waals surface area (Å²) < 4.78 is 1.70. The molecule has 0 atom stereocenters.